The molecule has 0 fully saturated rings. The lowest BCUT2D eigenvalue weighted by atomic mass is 10.1. The molecule has 140 valence electrons. The van der Waals surface area contributed by atoms with E-state index in [0.29, 0.717) is 17.6 Å². The quantitative estimate of drug-likeness (QED) is 0.576. The van der Waals surface area contributed by atoms with Crippen molar-refractivity contribution in [1.82, 2.24) is 15.2 Å². The molecule has 1 heterocycles. The Morgan fingerprint density at radius 3 is 2.74 bits per heavy atom. The molecule has 3 aromatic rings. The Hall–Kier alpha value is -2.80. The fourth-order valence-electron chi connectivity index (χ4n) is 2.46. The lowest BCUT2D eigenvalue weighted by molar-refractivity contribution is -0.113. The number of nitrogens with one attached hydrogen (secondary N) is 2. The Labute approximate surface area is 162 Å². The Morgan fingerprint density at radius 1 is 1.19 bits per heavy atom. The van der Waals surface area contributed by atoms with Gasteiger partial charge >= 0.3 is 0 Å². The summed E-state index contributed by atoms with van der Waals surface area (Å²) < 4.78 is 5.67. The van der Waals surface area contributed by atoms with Crippen LogP contribution in [-0.2, 0) is 17.8 Å². The number of thioether (sulfide) groups is 1. The number of nitrogens with zero attached hydrogens (tertiary/aromatic N) is 2. The van der Waals surface area contributed by atoms with Gasteiger partial charge in [0.25, 0.3) is 0 Å². The largest absolute Gasteiger partial charge is 0.486 e. The van der Waals surface area contributed by atoms with Gasteiger partial charge in [-0.1, -0.05) is 54.6 Å². The molecule has 0 unspecified atom stereocenters. The van der Waals surface area contributed by atoms with Crippen molar-refractivity contribution in [2.45, 2.75) is 32.0 Å². The third kappa shape index (κ3) is 5.59. The molecule has 0 atom stereocenters. The molecule has 7 heteroatoms. The van der Waals surface area contributed by atoms with Crippen molar-refractivity contribution in [1.29, 1.82) is 0 Å². The molecule has 0 radical (unpaired) electrons. The summed E-state index contributed by atoms with van der Waals surface area (Å²) in [6.45, 7) is 4.39. The zero-order valence-electron chi connectivity index (χ0n) is 15.4. The van der Waals surface area contributed by atoms with E-state index in [2.05, 4.69) is 27.4 Å². The van der Waals surface area contributed by atoms with Crippen molar-refractivity contribution in [3.8, 4) is 5.75 Å². The Bertz CT molecular complexity index is 893. The van der Waals surface area contributed by atoms with Crippen LogP contribution in [0.25, 0.3) is 0 Å². The fourth-order valence-corrected chi connectivity index (χ4v) is 3.08. The number of rotatable bonds is 8. The first-order valence-corrected chi connectivity index (χ1v) is 9.74. The number of hydrogen-bond donors (Lipinski definition) is 2. The summed E-state index contributed by atoms with van der Waals surface area (Å²) in [5, 5.41) is 10.4. The third-order valence-electron chi connectivity index (χ3n) is 3.91. The van der Waals surface area contributed by atoms with Crippen LogP contribution in [0.1, 0.15) is 23.9 Å². The number of amides is 1. The summed E-state index contributed by atoms with van der Waals surface area (Å²) in [6.07, 6.45) is 0.870. The number of anilines is 1. The number of aryl methyl sites for hydroxylation is 2. The second-order valence-electron chi connectivity index (χ2n) is 6.01. The molecule has 1 aromatic heterocycles. The molecule has 0 saturated carbocycles. The van der Waals surface area contributed by atoms with E-state index >= 15 is 0 Å². The maximum absolute atomic E-state index is 12.2. The lowest BCUT2D eigenvalue weighted by Crippen LogP contribution is -2.15. The highest BCUT2D eigenvalue weighted by molar-refractivity contribution is 7.99. The standard InChI is InChI=1S/C20H22N4O2S/c1-3-15-6-4-5-7-17(15)21-19(25)13-27-20-22-18(23-24-20)12-26-16-10-8-14(2)9-11-16/h4-11H,3,12-13H2,1-2H3,(H,21,25)(H,22,23,24). The SMILES string of the molecule is CCc1ccccc1NC(=O)CSc1n[nH]c(COc2ccc(C)cc2)n1. The molecule has 1 amide bonds. The minimum absolute atomic E-state index is 0.0804. The first kappa shape index (κ1) is 19.0. The number of carbonyl (C=O) groups is 1. The smallest absolute Gasteiger partial charge is 0.234 e. The van der Waals surface area contributed by atoms with E-state index in [9.17, 15) is 4.79 Å². The molecular weight excluding hydrogens is 360 g/mol. The molecule has 2 aromatic carbocycles. The molecule has 0 bridgehead atoms. The number of aromatic nitrogens is 3. The van der Waals surface area contributed by atoms with Crippen molar-refractivity contribution in [2.75, 3.05) is 11.1 Å². The lowest BCUT2D eigenvalue weighted by Gasteiger charge is -2.08. The zero-order chi connectivity index (χ0) is 19.1. The van der Waals surface area contributed by atoms with Crippen molar-refractivity contribution in [3.63, 3.8) is 0 Å². The number of carbonyl (C=O) groups excluding carboxylic acids is 1. The van der Waals surface area contributed by atoms with Gasteiger partial charge in [0.05, 0.1) is 5.75 Å². The normalized spacial score (nSPS) is 10.6. The molecule has 2 N–H and O–H groups in total. The van der Waals surface area contributed by atoms with Crippen LogP contribution in [0.5, 0.6) is 5.75 Å². The number of hydrogen-bond acceptors (Lipinski definition) is 5. The van der Waals surface area contributed by atoms with Crippen LogP contribution in [0, 0.1) is 6.92 Å². The second kappa shape index (κ2) is 9.23. The molecular formula is C20H22N4O2S. The molecule has 0 aliphatic heterocycles. The minimum atomic E-state index is -0.0804. The highest BCUT2D eigenvalue weighted by Crippen LogP contribution is 2.18. The molecule has 0 saturated heterocycles. The summed E-state index contributed by atoms with van der Waals surface area (Å²) in [5.74, 6) is 1.56. The third-order valence-corrected chi connectivity index (χ3v) is 4.76. The minimum Gasteiger partial charge on any atom is -0.486 e. The van der Waals surface area contributed by atoms with E-state index in [0.717, 1.165) is 23.4 Å². The summed E-state index contributed by atoms with van der Waals surface area (Å²) in [4.78, 5) is 16.5. The Kier molecular flexibility index (Phi) is 6.49. The average molecular weight is 382 g/mol. The van der Waals surface area contributed by atoms with Crippen LogP contribution in [0.2, 0.25) is 0 Å². The second-order valence-corrected chi connectivity index (χ2v) is 6.96. The summed E-state index contributed by atoms with van der Waals surface area (Å²) in [7, 11) is 0. The van der Waals surface area contributed by atoms with Gasteiger partial charge in [-0.15, -0.1) is 5.10 Å². The predicted molar refractivity (Wildman–Crippen MR) is 107 cm³/mol. The number of benzene rings is 2. The molecule has 0 spiro atoms. The first-order valence-electron chi connectivity index (χ1n) is 8.75. The van der Waals surface area contributed by atoms with E-state index in [1.54, 1.807) is 0 Å². The van der Waals surface area contributed by atoms with Crippen LogP contribution in [0.3, 0.4) is 0 Å². The highest BCUT2D eigenvalue weighted by atomic mass is 32.2. The first-order chi connectivity index (χ1) is 13.1. The van der Waals surface area contributed by atoms with E-state index < -0.39 is 0 Å². The maximum atomic E-state index is 12.2. The van der Waals surface area contributed by atoms with Gasteiger partial charge in [-0.25, -0.2) is 4.98 Å². The van der Waals surface area contributed by atoms with E-state index in [1.165, 1.54) is 17.3 Å². The van der Waals surface area contributed by atoms with E-state index in [1.807, 2.05) is 55.5 Å². The molecule has 6 nitrogen and oxygen atoms in total. The summed E-state index contributed by atoms with van der Waals surface area (Å²) in [6, 6.07) is 15.6. The van der Waals surface area contributed by atoms with Gasteiger partial charge < -0.3 is 10.1 Å². The summed E-state index contributed by atoms with van der Waals surface area (Å²) in [5.41, 5.74) is 3.15. The van der Waals surface area contributed by atoms with E-state index in [-0.39, 0.29) is 11.7 Å². The Balaban J connectivity index is 1.47. The maximum Gasteiger partial charge on any atom is 0.234 e. The molecule has 0 aliphatic carbocycles. The zero-order valence-corrected chi connectivity index (χ0v) is 16.2. The van der Waals surface area contributed by atoms with Crippen molar-refractivity contribution in [3.05, 3.63) is 65.5 Å². The van der Waals surface area contributed by atoms with Gasteiger partial charge in [-0.05, 0) is 37.1 Å². The van der Waals surface area contributed by atoms with Gasteiger partial charge in [-0.3, -0.25) is 9.89 Å². The van der Waals surface area contributed by atoms with Crippen LogP contribution < -0.4 is 10.1 Å². The monoisotopic (exact) mass is 382 g/mol. The van der Waals surface area contributed by atoms with Crippen LogP contribution in [0.4, 0.5) is 5.69 Å². The molecule has 27 heavy (non-hydrogen) atoms. The number of ether oxygens (including phenoxy) is 1. The predicted octanol–water partition coefficient (Wildman–Crippen LogP) is 3.99. The molecule has 0 aliphatic rings. The topological polar surface area (TPSA) is 79.9 Å². The average Bonchev–Trinajstić information content (AvgIpc) is 3.14. The number of H-pyrrole nitrogens is 1. The van der Waals surface area contributed by atoms with Gasteiger partial charge in [0, 0.05) is 5.69 Å². The number of para-hydroxylation sites is 1. The van der Waals surface area contributed by atoms with Crippen molar-refractivity contribution < 1.29 is 9.53 Å². The Morgan fingerprint density at radius 2 is 1.96 bits per heavy atom. The van der Waals surface area contributed by atoms with Gasteiger partial charge in [0.15, 0.2) is 5.82 Å². The van der Waals surface area contributed by atoms with Gasteiger partial charge in [-0.2, -0.15) is 0 Å². The molecule has 3 rings (SSSR count). The van der Waals surface area contributed by atoms with Gasteiger partial charge in [0.2, 0.25) is 11.1 Å². The van der Waals surface area contributed by atoms with Crippen LogP contribution in [-0.4, -0.2) is 26.8 Å². The van der Waals surface area contributed by atoms with Gasteiger partial charge in [0.1, 0.15) is 12.4 Å². The van der Waals surface area contributed by atoms with E-state index in [4.69, 9.17) is 4.74 Å². The summed E-state index contributed by atoms with van der Waals surface area (Å²) >= 11 is 1.28. The van der Waals surface area contributed by atoms with Crippen LogP contribution in [0.15, 0.2) is 53.7 Å². The fraction of sp³-hybridized carbons (Fsp3) is 0.250. The van der Waals surface area contributed by atoms with Crippen molar-refractivity contribution >= 4 is 23.4 Å². The number of aromatic amines is 1. The highest BCUT2D eigenvalue weighted by Gasteiger charge is 2.10. The van der Waals surface area contributed by atoms with Crippen LogP contribution >= 0.6 is 11.8 Å². The van der Waals surface area contributed by atoms with Crippen molar-refractivity contribution in [2.24, 2.45) is 0 Å².